The molecule has 0 bridgehead atoms. The Bertz CT molecular complexity index is 1420. The van der Waals surface area contributed by atoms with Crippen LogP contribution < -0.4 is 4.90 Å². The average Bonchev–Trinajstić information content (AvgIpc) is 3.53. The number of hydrogen-bond donors (Lipinski definition) is 1. The fourth-order valence-corrected chi connectivity index (χ4v) is 6.52. The highest BCUT2D eigenvalue weighted by Gasteiger charge is 2.36. The van der Waals surface area contributed by atoms with Gasteiger partial charge in [0, 0.05) is 54.5 Å². The molecule has 1 N–H and O–H groups in total. The number of benzene rings is 2. The Morgan fingerprint density at radius 3 is 2.57 bits per heavy atom. The number of fused-ring (bicyclic) bond motifs is 1. The van der Waals surface area contributed by atoms with E-state index in [9.17, 15) is 13.2 Å². The summed E-state index contributed by atoms with van der Waals surface area (Å²) in [7, 11) is -2.42. The van der Waals surface area contributed by atoms with E-state index in [4.69, 9.17) is 4.74 Å². The van der Waals surface area contributed by atoms with Crippen LogP contribution in [0, 0.1) is 6.92 Å². The van der Waals surface area contributed by atoms with Gasteiger partial charge in [0.05, 0.1) is 30.2 Å². The number of aryl methyl sites for hydroxylation is 1. The second-order valence-corrected chi connectivity index (χ2v) is 12.9. The van der Waals surface area contributed by atoms with Gasteiger partial charge in [0.15, 0.2) is 0 Å². The van der Waals surface area contributed by atoms with E-state index < -0.39 is 15.6 Å². The average molecular weight is 525 g/mol. The van der Waals surface area contributed by atoms with Crippen molar-refractivity contribution in [1.29, 1.82) is 0 Å². The topological polar surface area (TPSA) is 85.9 Å². The predicted octanol–water partition coefficient (Wildman–Crippen LogP) is 4.00. The number of aromatic amines is 1. The van der Waals surface area contributed by atoms with Crippen molar-refractivity contribution in [1.82, 2.24) is 14.2 Å². The number of aromatic nitrogens is 1. The molecule has 198 valence electrons. The number of ether oxygens (including phenoxy) is 1. The summed E-state index contributed by atoms with van der Waals surface area (Å²) >= 11 is 0. The first-order valence-electron chi connectivity index (χ1n) is 12.9. The highest BCUT2D eigenvalue weighted by Crippen LogP contribution is 2.36. The van der Waals surface area contributed by atoms with Gasteiger partial charge in [-0.1, -0.05) is 12.1 Å². The molecule has 2 saturated heterocycles. The van der Waals surface area contributed by atoms with Crippen LogP contribution in [0.2, 0.25) is 0 Å². The van der Waals surface area contributed by atoms with Gasteiger partial charge in [-0.2, -0.15) is 4.31 Å². The molecule has 2 fully saturated rings. The molecule has 3 heterocycles. The van der Waals surface area contributed by atoms with Gasteiger partial charge in [-0.15, -0.1) is 0 Å². The number of carbonyl (C=O) groups excluding carboxylic acids is 1. The molecule has 37 heavy (non-hydrogen) atoms. The summed E-state index contributed by atoms with van der Waals surface area (Å²) in [5, 5.41) is 1.08. The number of carbonyl (C=O) groups is 1. The van der Waals surface area contributed by atoms with E-state index in [1.807, 2.05) is 19.9 Å². The number of likely N-dealkylation sites (N-methyl/N-ethyl adjacent to an activating group) is 1. The third-order valence-corrected chi connectivity index (χ3v) is 9.29. The van der Waals surface area contributed by atoms with Crippen molar-refractivity contribution in [3.8, 4) is 11.3 Å². The zero-order valence-corrected chi connectivity index (χ0v) is 22.9. The quantitative estimate of drug-likeness (QED) is 0.527. The number of hydrogen-bond acceptors (Lipinski definition) is 5. The minimum Gasteiger partial charge on any atom is -0.377 e. The van der Waals surface area contributed by atoms with E-state index in [1.165, 1.54) is 7.05 Å². The molecule has 0 radical (unpaired) electrons. The summed E-state index contributed by atoms with van der Waals surface area (Å²) in [6.07, 6.45) is 2.24. The third-order valence-electron chi connectivity index (χ3n) is 7.50. The molecule has 0 unspecified atom stereocenters. The second kappa shape index (κ2) is 9.78. The smallest absolute Gasteiger partial charge is 0.243 e. The molecule has 0 aliphatic carbocycles. The van der Waals surface area contributed by atoms with E-state index in [-0.39, 0.29) is 17.3 Å². The molecule has 1 amide bonds. The van der Waals surface area contributed by atoms with E-state index in [0.29, 0.717) is 19.8 Å². The Kier molecular flexibility index (Phi) is 6.81. The molecule has 0 atom stereocenters. The van der Waals surface area contributed by atoms with Gasteiger partial charge < -0.3 is 19.5 Å². The Balaban J connectivity index is 1.49. The Hall–Kier alpha value is -2.88. The summed E-state index contributed by atoms with van der Waals surface area (Å²) in [4.78, 5) is 20.8. The maximum Gasteiger partial charge on any atom is 0.243 e. The molecular formula is C28H36N4O4S. The number of morpholine rings is 1. The van der Waals surface area contributed by atoms with Crippen LogP contribution in [0.4, 0.5) is 5.69 Å². The lowest BCUT2D eigenvalue weighted by molar-refractivity contribution is -0.146. The van der Waals surface area contributed by atoms with Crippen molar-refractivity contribution in [3.05, 3.63) is 48.0 Å². The summed E-state index contributed by atoms with van der Waals surface area (Å²) in [5.41, 5.74) is 4.46. The van der Waals surface area contributed by atoms with Crippen LogP contribution in [0.15, 0.2) is 47.4 Å². The van der Waals surface area contributed by atoms with Crippen molar-refractivity contribution in [2.24, 2.45) is 0 Å². The number of H-pyrrole nitrogens is 1. The molecule has 2 aliphatic rings. The largest absolute Gasteiger partial charge is 0.377 e. The first kappa shape index (κ1) is 25.8. The van der Waals surface area contributed by atoms with Gasteiger partial charge in [-0.25, -0.2) is 8.42 Å². The van der Waals surface area contributed by atoms with E-state index in [2.05, 4.69) is 41.1 Å². The van der Waals surface area contributed by atoms with Crippen LogP contribution in [0.3, 0.4) is 0 Å². The fourth-order valence-electron chi connectivity index (χ4n) is 5.37. The molecular weight excluding hydrogens is 488 g/mol. The van der Waals surface area contributed by atoms with Crippen LogP contribution in [0.1, 0.15) is 32.3 Å². The van der Waals surface area contributed by atoms with Crippen LogP contribution in [-0.2, 0) is 19.6 Å². The van der Waals surface area contributed by atoms with E-state index >= 15 is 0 Å². The third kappa shape index (κ3) is 5.00. The normalized spacial score (nSPS) is 18.2. The monoisotopic (exact) mass is 524 g/mol. The number of nitrogens with one attached hydrogen (secondary N) is 1. The minimum absolute atomic E-state index is 0.178. The molecule has 2 aliphatic heterocycles. The standard InChI is InChI=1S/C28H36N4O4S/c1-20-7-8-21-16-25(29-24(21)15-20)23-17-22(9-10-26(23)31-11-5-6-12-31)37(34,35)30(4)18-27(33)32-13-14-36-19-28(32,2)3/h7-10,15-17,29H,5-6,11-14,18-19H2,1-4H3. The van der Waals surface area contributed by atoms with Gasteiger partial charge in [0.1, 0.15) is 0 Å². The molecule has 0 spiro atoms. The number of rotatable bonds is 6. The number of amides is 1. The van der Waals surface area contributed by atoms with Gasteiger partial charge in [-0.05, 0) is 69.5 Å². The Morgan fingerprint density at radius 1 is 1.08 bits per heavy atom. The number of anilines is 1. The second-order valence-electron chi connectivity index (χ2n) is 10.8. The maximum atomic E-state index is 13.7. The first-order valence-corrected chi connectivity index (χ1v) is 14.3. The highest BCUT2D eigenvalue weighted by atomic mass is 32.2. The lowest BCUT2D eigenvalue weighted by Crippen LogP contribution is -2.57. The van der Waals surface area contributed by atoms with Crippen molar-refractivity contribution in [2.45, 2.75) is 44.0 Å². The molecule has 9 heteroatoms. The molecule has 2 aromatic carbocycles. The SMILES string of the molecule is Cc1ccc2cc(-c3cc(S(=O)(=O)N(C)CC(=O)N4CCOCC4(C)C)ccc3N3CCCC3)[nH]c2c1. The highest BCUT2D eigenvalue weighted by molar-refractivity contribution is 7.89. The van der Waals surface area contributed by atoms with Crippen molar-refractivity contribution < 1.29 is 17.9 Å². The van der Waals surface area contributed by atoms with Crippen LogP contribution in [0.25, 0.3) is 22.2 Å². The summed E-state index contributed by atoms with van der Waals surface area (Å²) in [5.74, 6) is -0.223. The van der Waals surface area contributed by atoms with E-state index in [1.54, 1.807) is 17.0 Å². The molecule has 1 aromatic heterocycles. The number of sulfonamides is 1. The maximum absolute atomic E-state index is 13.7. The van der Waals surface area contributed by atoms with Crippen molar-refractivity contribution in [2.75, 3.05) is 51.3 Å². The zero-order chi connectivity index (χ0) is 26.4. The minimum atomic E-state index is -3.90. The fraction of sp³-hybridized carbons (Fsp3) is 0.464. The van der Waals surface area contributed by atoms with Crippen LogP contribution in [-0.4, -0.2) is 80.5 Å². The summed E-state index contributed by atoms with van der Waals surface area (Å²) in [6.45, 7) is 8.93. The molecule has 8 nitrogen and oxygen atoms in total. The summed E-state index contributed by atoms with van der Waals surface area (Å²) < 4.78 is 34.0. The van der Waals surface area contributed by atoms with Gasteiger partial charge >= 0.3 is 0 Å². The Labute approximate surface area is 219 Å². The summed E-state index contributed by atoms with van der Waals surface area (Å²) in [6, 6.07) is 13.6. The zero-order valence-electron chi connectivity index (χ0n) is 22.1. The lowest BCUT2D eigenvalue weighted by Gasteiger charge is -2.42. The van der Waals surface area contributed by atoms with Crippen molar-refractivity contribution >= 4 is 32.5 Å². The van der Waals surface area contributed by atoms with Gasteiger partial charge in [-0.3, -0.25) is 4.79 Å². The van der Waals surface area contributed by atoms with Gasteiger partial charge in [0.25, 0.3) is 0 Å². The van der Waals surface area contributed by atoms with Gasteiger partial charge in [0.2, 0.25) is 15.9 Å². The molecule has 0 saturated carbocycles. The number of nitrogens with zero attached hydrogens (tertiary/aromatic N) is 3. The first-order chi connectivity index (χ1) is 17.6. The van der Waals surface area contributed by atoms with Crippen molar-refractivity contribution in [3.63, 3.8) is 0 Å². The Morgan fingerprint density at radius 2 is 1.84 bits per heavy atom. The lowest BCUT2D eigenvalue weighted by atomic mass is 10.0. The predicted molar refractivity (Wildman–Crippen MR) is 146 cm³/mol. The van der Waals surface area contributed by atoms with E-state index in [0.717, 1.165) is 63.6 Å². The molecule has 3 aromatic rings. The van der Waals surface area contributed by atoms with Crippen LogP contribution >= 0.6 is 0 Å². The molecule has 5 rings (SSSR count). The van der Waals surface area contributed by atoms with Crippen LogP contribution in [0.5, 0.6) is 0 Å².